The molecule has 3 fully saturated rings. The van der Waals surface area contributed by atoms with Crippen LogP contribution in [0.3, 0.4) is 0 Å². The highest BCUT2D eigenvalue weighted by Gasteiger charge is 2.42. The maximum absolute atomic E-state index is 12.7. The van der Waals surface area contributed by atoms with E-state index in [1.54, 1.807) is 7.11 Å². The fourth-order valence-electron chi connectivity index (χ4n) is 4.04. The summed E-state index contributed by atoms with van der Waals surface area (Å²) in [6.45, 7) is 1.61. The minimum Gasteiger partial charge on any atom is -0.379 e. The number of nitrogens with zero attached hydrogens (tertiary/aromatic N) is 1. The van der Waals surface area contributed by atoms with Gasteiger partial charge in [0.2, 0.25) is 0 Å². The van der Waals surface area contributed by atoms with Crippen molar-refractivity contribution in [3.63, 3.8) is 0 Å². The summed E-state index contributed by atoms with van der Waals surface area (Å²) in [7, 11) is -0.737. The molecule has 0 aromatic carbocycles. The Morgan fingerprint density at radius 3 is 2.75 bits per heavy atom. The molecule has 2 aliphatic heterocycles. The third-order valence-electron chi connectivity index (χ3n) is 5.62. The third kappa shape index (κ3) is 4.03. The van der Waals surface area contributed by atoms with Crippen LogP contribution in [-0.4, -0.2) is 71.2 Å². The van der Waals surface area contributed by atoms with Gasteiger partial charge in [-0.05, 0) is 25.7 Å². The monoisotopic (exact) mass is 359 g/mol. The van der Waals surface area contributed by atoms with Crippen molar-refractivity contribution in [1.82, 2.24) is 10.2 Å². The topological polar surface area (TPSA) is 91.7 Å². The van der Waals surface area contributed by atoms with Gasteiger partial charge in [0.1, 0.15) is 0 Å². The second kappa shape index (κ2) is 7.17. The number of morpholine rings is 1. The average Bonchev–Trinajstić information content (AvgIpc) is 2.59. The molecule has 1 spiro atoms. The summed E-state index contributed by atoms with van der Waals surface area (Å²) in [5.74, 6) is 0.744. The van der Waals surface area contributed by atoms with Crippen LogP contribution in [0.25, 0.3) is 0 Å². The largest absolute Gasteiger partial charge is 0.379 e. The van der Waals surface area contributed by atoms with Crippen molar-refractivity contribution in [1.29, 1.82) is 4.78 Å². The van der Waals surface area contributed by atoms with E-state index >= 15 is 0 Å². The normalized spacial score (nSPS) is 40.5. The highest BCUT2D eigenvalue weighted by molar-refractivity contribution is 7.92. The molecule has 2 atom stereocenters. The van der Waals surface area contributed by atoms with Crippen LogP contribution in [0.4, 0.5) is 4.79 Å². The standard InChI is InChI=1S/C16H29N3O4S/c1-22-14-5-3-2-4-13(14)18-15(20)19-8-9-23-16(12-19)6-10-24(17,21)11-7-16/h13-14,17H,2-12H2,1H3,(H,18,20)/t13-,14-,16?,24?/m0/s1. The lowest BCUT2D eigenvalue weighted by Crippen LogP contribution is -2.60. The minimum atomic E-state index is -2.44. The molecule has 2 heterocycles. The van der Waals surface area contributed by atoms with Gasteiger partial charge in [-0.25, -0.2) is 9.00 Å². The molecule has 1 aliphatic carbocycles. The molecule has 24 heavy (non-hydrogen) atoms. The molecule has 8 heteroatoms. The van der Waals surface area contributed by atoms with Crippen molar-refractivity contribution >= 4 is 15.8 Å². The van der Waals surface area contributed by atoms with E-state index in [2.05, 4.69) is 5.32 Å². The first-order chi connectivity index (χ1) is 11.4. The summed E-state index contributed by atoms with van der Waals surface area (Å²) in [6, 6.07) is 0.0252. The highest BCUT2D eigenvalue weighted by atomic mass is 32.2. The van der Waals surface area contributed by atoms with Crippen molar-refractivity contribution in [2.75, 3.05) is 38.3 Å². The van der Waals surface area contributed by atoms with Gasteiger partial charge in [-0.15, -0.1) is 0 Å². The zero-order valence-electron chi connectivity index (χ0n) is 14.4. The van der Waals surface area contributed by atoms with Crippen LogP contribution >= 0.6 is 0 Å². The number of carbonyl (C=O) groups excluding carboxylic acids is 1. The average molecular weight is 359 g/mol. The summed E-state index contributed by atoms with van der Waals surface area (Å²) in [5.41, 5.74) is -0.412. The van der Waals surface area contributed by atoms with E-state index in [9.17, 15) is 9.00 Å². The second-order valence-corrected chi connectivity index (χ2v) is 9.73. The Kier molecular flexibility index (Phi) is 5.36. The fourth-order valence-corrected chi connectivity index (χ4v) is 5.65. The predicted octanol–water partition coefficient (Wildman–Crippen LogP) is 1.57. The van der Waals surface area contributed by atoms with Gasteiger partial charge in [-0.2, -0.15) is 0 Å². The molecular formula is C16H29N3O4S. The van der Waals surface area contributed by atoms with Crippen molar-refractivity contribution in [3.05, 3.63) is 0 Å². The van der Waals surface area contributed by atoms with Gasteiger partial charge in [0.15, 0.2) is 0 Å². The number of carbonyl (C=O) groups is 1. The molecule has 0 radical (unpaired) electrons. The molecule has 138 valence electrons. The van der Waals surface area contributed by atoms with Gasteiger partial charge < -0.3 is 19.7 Å². The number of amides is 2. The van der Waals surface area contributed by atoms with Crippen LogP contribution in [-0.2, 0) is 19.2 Å². The number of methoxy groups -OCH3 is 1. The predicted molar refractivity (Wildman–Crippen MR) is 91.7 cm³/mol. The summed E-state index contributed by atoms with van der Waals surface area (Å²) in [5, 5.41) is 3.14. The lowest BCUT2D eigenvalue weighted by Gasteiger charge is -2.45. The molecule has 0 aromatic rings. The number of nitrogens with one attached hydrogen (secondary N) is 2. The Morgan fingerprint density at radius 2 is 2.04 bits per heavy atom. The van der Waals surface area contributed by atoms with Crippen LogP contribution in [0.15, 0.2) is 0 Å². The van der Waals surface area contributed by atoms with Gasteiger partial charge in [0.25, 0.3) is 0 Å². The molecule has 2 saturated heterocycles. The lowest BCUT2D eigenvalue weighted by molar-refractivity contribution is -0.102. The van der Waals surface area contributed by atoms with E-state index in [1.807, 2.05) is 4.90 Å². The number of ether oxygens (including phenoxy) is 2. The summed E-state index contributed by atoms with van der Waals surface area (Å²) in [4.78, 5) is 14.5. The highest BCUT2D eigenvalue weighted by Crippen LogP contribution is 2.31. The molecule has 2 amide bonds. The first-order valence-corrected chi connectivity index (χ1v) is 10.8. The smallest absolute Gasteiger partial charge is 0.317 e. The van der Waals surface area contributed by atoms with E-state index in [4.69, 9.17) is 14.3 Å². The van der Waals surface area contributed by atoms with Crippen LogP contribution in [0.2, 0.25) is 0 Å². The van der Waals surface area contributed by atoms with Crippen molar-refractivity contribution < 1.29 is 18.5 Å². The second-order valence-electron chi connectivity index (χ2n) is 7.29. The Bertz CT molecular complexity index is 552. The maximum atomic E-state index is 12.7. The van der Waals surface area contributed by atoms with Crippen LogP contribution < -0.4 is 5.32 Å². The van der Waals surface area contributed by atoms with Crippen LogP contribution in [0.5, 0.6) is 0 Å². The Morgan fingerprint density at radius 1 is 1.33 bits per heavy atom. The molecule has 1 saturated carbocycles. The Hall–Kier alpha value is -0.860. The molecule has 3 aliphatic rings. The van der Waals surface area contributed by atoms with E-state index in [-0.39, 0.29) is 18.2 Å². The van der Waals surface area contributed by atoms with Gasteiger partial charge >= 0.3 is 6.03 Å². The number of hydrogen-bond acceptors (Lipinski definition) is 5. The van der Waals surface area contributed by atoms with Crippen molar-refractivity contribution in [2.45, 2.75) is 56.3 Å². The van der Waals surface area contributed by atoms with E-state index in [0.717, 1.165) is 25.7 Å². The molecular weight excluding hydrogens is 330 g/mol. The Balaban J connectivity index is 1.59. The minimum absolute atomic E-state index is 0.0520. The first kappa shape index (κ1) is 17.9. The zero-order valence-corrected chi connectivity index (χ0v) is 15.2. The molecule has 0 unspecified atom stereocenters. The van der Waals surface area contributed by atoms with Gasteiger partial charge in [0.05, 0.1) is 30.9 Å². The van der Waals surface area contributed by atoms with Gasteiger partial charge in [-0.1, -0.05) is 12.8 Å². The van der Waals surface area contributed by atoms with E-state index in [1.165, 1.54) is 0 Å². The quantitative estimate of drug-likeness (QED) is 0.783. The third-order valence-corrected chi connectivity index (χ3v) is 7.35. The summed E-state index contributed by atoms with van der Waals surface area (Å²) >= 11 is 0. The number of urea groups is 1. The zero-order chi connectivity index (χ0) is 17.2. The SMILES string of the molecule is CO[C@H]1CCCC[C@@H]1NC(=O)N1CCOC2(CCS(=N)(=O)CC2)C1. The summed E-state index contributed by atoms with van der Waals surface area (Å²) < 4.78 is 31.1. The van der Waals surface area contributed by atoms with Crippen LogP contribution in [0.1, 0.15) is 38.5 Å². The van der Waals surface area contributed by atoms with Gasteiger partial charge in [0, 0.05) is 34.9 Å². The number of rotatable bonds is 2. The number of hydrogen-bond donors (Lipinski definition) is 2. The van der Waals surface area contributed by atoms with Crippen molar-refractivity contribution in [3.8, 4) is 0 Å². The Labute approximate surface area is 144 Å². The molecule has 0 bridgehead atoms. The van der Waals surface area contributed by atoms with Crippen LogP contribution in [0, 0.1) is 4.78 Å². The van der Waals surface area contributed by atoms with Gasteiger partial charge in [-0.3, -0.25) is 4.78 Å². The van der Waals surface area contributed by atoms with Crippen molar-refractivity contribution in [2.24, 2.45) is 0 Å². The van der Waals surface area contributed by atoms with E-state index in [0.29, 0.717) is 44.0 Å². The van der Waals surface area contributed by atoms with E-state index < -0.39 is 15.3 Å². The molecule has 0 aromatic heterocycles. The summed E-state index contributed by atoms with van der Waals surface area (Å²) in [6.07, 6.45) is 5.52. The molecule has 7 nitrogen and oxygen atoms in total. The fraction of sp³-hybridized carbons (Fsp3) is 0.938. The first-order valence-electron chi connectivity index (χ1n) is 8.89. The maximum Gasteiger partial charge on any atom is 0.317 e. The molecule has 2 N–H and O–H groups in total. The molecule has 3 rings (SSSR count). The lowest BCUT2D eigenvalue weighted by atomic mass is 9.92.